The number of nitrogens with zero attached hydrogens (tertiary/aromatic N) is 1. The van der Waals surface area contributed by atoms with Crippen LogP contribution >= 0.6 is 11.3 Å². The largest absolute Gasteiger partial charge is 0.477 e. The summed E-state index contributed by atoms with van der Waals surface area (Å²) in [7, 11) is -4.21. The van der Waals surface area contributed by atoms with E-state index in [1.165, 1.54) is 18.2 Å². The number of fused-ring (bicyclic) bond motifs is 1. The number of alkyl halides is 3. The van der Waals surface area contributed by atoms with Crippen molar-refractivity contribution >= 4 is 38.2 Å². The van der Waals surface area contributed by atoms with Crippen LogP contribution in [0, 0.1) is 6.92 Å². The molecule has 0 saturated heterocycles. The van der Waals surface area contributed by atoms with Gasteiger partial charge in [-0.3, -0.25) is 0 Å². The zero-order chi connectivity index (χ0) is 26.6. The lowest BCUT2D eigenvalue weighted by atomic mass is 9.87. The minimum Gasteiger partial charge on any atom is -0.477 e. The SMILES string of the molecule is Cc1c(Cc2ccc(C(=O)O)s2)n(S(=O)(=O)c2cccc(C(C)(C)C)c2)c2ccc(C(F)(F)F)cc12. The van der Waals surface area contributed by atoms with Crippen LogP contribution in [0.3, 0.4) is 0 Å². The van der Waals surface area contributed by atoms with E-state index in [4.69, 9.17) is 0 Å². The summed E-state index contributed by atoms with van der Waals surface area (Å²) >= 11 is 0.995. The van der Waals surface area contributed by atoms with Crippen molar-refractivity contribution in [1.29, 1.82) is 0 Å². The van der Waals surface area contributed by atoms with E-state index in [2.05, 4.69) is 0 Å². The Morgan fingerprint density at radius 3 is 2.28 bits per heavy atom. The highest BCUT2D eigenvalue weighted by atomic mass is 32.2. The van der Waals surface area contributed by atoms with Gasteiger partial charge in [-0.05, 0) is 65.9 Å². The van der Waals surface area contributed by atoms with E-state index in [1.54, 1.807) is 25.1 Å². The summed E-state index contributed by atoms with van der Waals surface area (Å²) in [5, 5.41) is 9.44. The summed E-state index contributed by atoms with van der Waals surface area (Å²) in [6.07, 6.45) is -4.55. The summed E-state index contributed by atoms with van der Waals surface area (Å²) in [4.78, 5) is 12.0. The number of carboxylic acids is 1. The molecule has 2 aromatic carbocycles. The van der Waals surface area contributed by atoms with E-state index in [0.717, 1.165) is 33.0 Å². The fraction of sp³-hybridized carbons (Fsp3) is 0.269. The minimum atomic E-state index is -4.59. The quantitative estimate of drug-likeness (QED) is 0.303. The van der Waals surface area contributed by atoms with Gasteiger partial charge in [0.25, 0.3) is 10.0 Å². The maximum atomic E-state index is 14.0. The van der Waals surface area contributed by atoms with E-state index < -0.39 is 27.7 Å². The molecule has 0 aliphatic carbocycles. The van der Waals surface area contributed by atoms with Crippen LogP contribution < -0.4 is 0 Å². The number of rotatable bonds is 5. The van der Waals surface area contributed by atoms with Crippen LogP contribution in [-0.4, -0.2) is 23.5 Å². The summed E-state index contributed by atoms with van der Waals surface area (Å²) in [6, 6.07) is 12.5. The number of aromatic carboxylic acids is 1. The molecule has 0 bridgehead atoms. The van der Waals surface area contributed by atoms with E-state index in [1.807, 2.05) is 26.8 Å². The lowest BCUT2D eigenvalue weighted by Crippen LogP contribution is -2.18. The van der Waals surface area contributed by atoms with Crippen molar-refractivity contribution in [1.82, 2.24) is 3.97 Å². The summed E-state index contributed by atoms with van der Waals surface area (Å²) in [5.41, 5.74) is 0.391. The second-order valence-electron chi connectivity index (χ2n) is 9.60. The molecule has 0 aliphatic heterocycles. The molecule has 0 unspecified atom stereocenters. The van der Waals surface area contributed by atoms with Crippen molar-refractivity contribution in [2.75, 3.05) is 0 Å². The van der Waals surface area contributed by atoms with Crippen molar-refractivity contribution in [3.63, 3.8) is 0 Å². The summed E-state index contributed by atoms with van der Waals surface area (Å²) in [6.45, 7) is 7.44. The molecule has 36 heavy (non-hydrogen) atoms. The first kappa shape index (κ1) is 26.0. The van der Waals surface area contributed by atoms with Crippen molar-refractivity contribution < 1.29 is 31.5 Å². The van der Waals surface area contributed by atoms with Gasteiger partial charge in [-0.15, -0.1) is 11.3 Å². The van der Waals surface area contributed by atoms with Gasteiger partial charge in [0.2, 0.25) is 0 Å². The summed E-state index contributed by atoms with van der Waals surface area (Å²) < 4.78 is 69.5. The lowest BCUT2D eigenvalue weighted by molar-refractivity contribution is -0.137. The number of aromatic nitrogens is 1. The molecule has 0 spiro atoms. The molecule has 0 atom stereocenters. The van der Waals surface area contributed by atoms with Crippen molar-refractivity contribution in [3.8, 4) is 0 Å². The Morgan fingerprint density at radius 1 is 1.00 bits per heavy atom. The van der Waals surface area contributed by atoms with Crippen LogP contribution in [0.4, 0.5) is 13.2 Å². The van der Waals surface area contributed by atoms with E-state index in [0.29, 0.717) is 10.4 Å². The number of halogens is 3. The first-order chi connectivity index (χ1) is 16.6. The van der Waals surface area contributed by atoms with Gasteiger partial charge >= 0.3 is 12.1 Å². The fourth-order valence-electron chi connectivity index (χ4n) is 4.10. The number of carboxylic acid groups (broad SMARTS) is 1. The lowest BCUT2D eigenvalue weighted by Gasteiger charge is -2.20. The van der Waals surface area contributed by atoms with Crippen LogP contribution in [0.2, 0.25) is 0 Å². The third-order valence-corrected chi connectivity index (χ3v) is 8.90. The van der Waals surface area contributed by atoms with Crippen molar-refractivity contribution in [2.45, 2.75) is 50.6 Å². The van der Waals surface area contributed by atoms with Crippen LogP contribution in [0.15, 0.2) is 59.5 Å². The molecule has 4 rings (SSSR count). The number of thiophene rings is 1. The molecule has 10 heteroatoms. The smallest absolute Gasteiger partial charge is 0.416 e. The first-order valence-electron chi connectivity index (χ1n) is 11.0. The molecule has 0 saturated carbocycles. The second kappa shape index (κ2) is 8.77. The monoisotopic (exact) mass is 535 g/mol. The fourth-order valence-corrected chi connectivity index (χ4v) is 6.60. The number of hydrogen-bond donors (Lipinski definition) is 1. The minimum absolute atomic E-state index is 0.0189. The predicted octanol–water partition coefficient (Wildman–Crippen LogP) is 6.85. The maximum Gasteiger partial charge on any atom is 0.416 e. The second-order valence-corrected chi connectivity index (χ2v) is 12.6. The molecule has 190 valence electrons. The Labute approximate surface area is 210 Å². The van der Waals surface area contributed by atoms with Gasteiger partial charge in [0.05, 0.1) is 16.0 Å². The Bertz CT molecular complexity index is 1590. The normalized spacial score (nSPS) is 12.9. The van der Waals surface area contributed by atoms with E-state index in [9.17, 15) is 31.5 Å². The van der Waals surface area contributed by atoms with E-state index >= 15 is 0 Å². The average Bonchev–Trinajstić information content (AvgIpc) is 3.36. The number of aryl methyl sites for hydroxylation is 1. The molecule has 4 aromatic rings. The molecule has 0 aliphatic rings. The van der Waals surface area contributed by atoms with Gasteiger partial charge in [-0.25, -0.2) is 17.2 Å². The van der Waals surface area contributed by atoms with Crippen LogP contribution in [0.1, 0.15) is 57.7 Å². The van der Waals surface area contributed by atoms with Crippen molar-refractivity contribution in [3.05, 3.63) is 86.7 Å². The molecule has 0 radical (unpaired) electrons. The highest BCUT2D eigenvalue weighted by molar-refractivity contribution is 7.90. The standard InChI is InChI=1S/C26H24F3NO4S2/c1-15-20-13-17(26(27,28)29)8-10-21(20)30(22(15)14-18-9-11-23(35-18)24(31)32)36(33,34)19-7-5-6-16(12-19)25(2,3)4/h5-13H,14H2,1-4H3,(H,31,32). The van der Waals surface area contributed by atoms with Gasteiger partial charge in [0.15, 0.2) is 0 Å². The first-order valence-corrected chi connectivity index (χ1v) is 13.3. The topological polar surface area (TPSA) is 76.4 Å². The Balaban J connectivity index is 1.99. The molecule has 1 N–H and O–H groups in total. The highest BCUT2D eigenvalue weighted by Crippen LogP contribution is 2.37. The molecule has 2 heterocycles. The van der Waals surface area contributed by atoms with Crippen molar-refractivity contribution in [2.24, 2.45) is 0 Å². The molecule has 0 fully saturated rings. The maximum absolute atomic E-state index is 14.0. The molecular formula is C26H24F3NO4S2. The van der Waals surface area contributed by atoms with Gasteiger partial charge in [-0.2, -0.15) is 13.2 Å². The van der Waals surface area contributed by atoms with Crippen LogP contribution in [0.5, 0.6) is 0 Å². The number of hydrogen-bond acceptors (Lipinski definition) is 4. The molecule has 2 aromatic heterocycles. The number of carbonyl (C=O) groups is 1. The Kier molecular flexibility index (Phi) is 6.33. The Hall–Kier alpha value is -3.11. The van der Waals surface area contributed by atoms with Gasteiger partial charge < -0.3 is 5.11 Å². The molecule has 0 amide bonds. The third kappa shape index (κ3) is 4.67. The zero-order valence-electron chi connectivity index (χ0n) is 20.0. The Morgan fingerprint density at radius 2 is 1.69 bits per heavy atom. The third-order valence-electron chi connectivity index (χ3n) is 6.08. The van der Waals surface area contributed by atoms with Gasteiger partial charge in [0.1, 0.15) is 4.88 Å². The van der Waals surface area contributed by atoms with Gasteiger partial charge in [-0.1, -0.05) is 32.9 Å². The molecule has 5 nitrogen and oxygen atoms in total. The predicted molar refractivity (Wildman–Crippen MR) is 133 cm³/mol. The number of benzene rings is 2. The molecular weight excluding hydrogens is 511 g/mol. The highest BCUT2D eigenvalue weighted by Gasteiger charge is 2.33. The van der Waals surface area contributed by atoms with Crippen LogP contribution in [-0.2, 0) is 28.0 Å². The summed E-state index contributed by atoms with van der Waals surface area (Å²) in [5.74, 6) is -1.11. The van der Waals surface area contributed by atoms with E-state index in [-0.39, 0.29) is 38.2 Å². The zero-order valence-corrected chi connectivity index (χ0v) is 21.6. The average molecular weight is 536 g/mol. The van der Waals surface area contributed by atoms with Crippen LogP contribution in [0.25, 0.3) is 10.9 Å². The van der Waals surface area contributed by atoms with Gasteiger partial charge in [0, 0.05) is 22.4 Å².